The lowest BCUT2D eigenvalue weighted by Gasteiger charge is -2.22. The van der Waals surface area contributed by atoms with E-state index >= 15 is 0 Å². The summed E-state index contributed by atoms with van der Waals surface area (Å²) in [5.74, 6) is 0. The molecule has 0 amide bonds. The molecule has 0 bridgehead atoms. The molecule has 0 aliphatic heterocycles. The van der Waals surface area contributed by atoms with Crippen LogP contribution >= 0.6 is 11.6 Å². The van der Waals surface area contributed by atoms with Crippen LogP contribution in [0.5, 0.6) is 0 Å². The van der Waals surface area contributed by atoms with Gasteiger partial charge in [-0.05, 0) is 27.1 Å². The van der Waals surface area contributed by atoms with Crippen LogP contribution in [0, 0.1) is 0 Å². The molecule has 1 rings (SSSR count). The quantitative estimate of drug-likeness (QED) is 0.827. The molecule has 0 saturated carbocycles. The van der Waals surface area contributed by atoms with E-state index in [0.717, 1.165) is 30.2 Å². The van der Waals surface area contributed by atoms with Gasteiger partial charge in [-0.25, -0.2) is 0 Å². The fourth-order valence-corrected chi connectivity index (χ4v) is 2.04. The zero-order valence-corrected chi connectivity index (χ0v) is 11.3. The number of nitrogens with zero attached hydrogens (tertiary/aromatic N) is 3. The Morgan fingerprint density at radius 1 is 1.56 bits per heavy atom. The van der Waals surface area contributed by atoms with Crippen LogP contribution in [0.25, 0.3) is 0 Å². The first kappa shape index (κ1) is 13.5. The summed E-state index contributed by atoms with van der Waals surface area (Å²) in [4.78, 5) is 2.15. The number of hydrogen-bond donors (Lipinski definition) is 1. The minimum atomic E-state index is 0.231. The molecule has 1 aromatic heterocycles. The average molecular weight is 245 g/mol. The van der Waals surface area contributed by atoms with Gasteiger partial charge in [0.1, 0.15) is 0 Å². The number of nitrogens with one attached hydrogen (secondary N) is 1. The topological polar surface area (TPSA) is 33.1 Å². The molecule has 0 spiro atoms. The van der Waals surface area contributed by atoms with Gasteiger partial charge in [-0.2, -0.15) is 5.10 Å². The second-order valence-corrected chi connectivity index (χ2v) is 4.68. The Bertz CT molecular complexity index is 302. The molecule has 92 valence electrons. The molecule has 1 atom stereocenters. The molecule has 1 N–H and O–H groups in total. The summed E-state index contributed by atoms with van der Waals surface area (Å²) < 4.78 is 1.85. The smallest absolute Gasteiger partial charge is 0.0834 e. The first-order valence-corrected chi connectivity index (χ1v) is 5.99. The molecule has 0 aliphatic rings. The van der Waals surface area contributed by atoms with Gasteiger partial charge < -0.3 is 10.2 Å². The van der Waals surface area contributed by atoms with Gasteiger partial charge >= 0.3 is 0 Å². The van der Waals surface area contributed by atoms with Crippen molar-refractivity contribution in [1.82, 2.24) is 20.0 Å². The van der Waals surface area contributed by atoms with Gasteiger partial charge in [0.15, 0.2) is 0 Å². The average Bonchev–Trinajstić information content (AvgIpc) is 2.53. The molecule has 5 heteroatoms. The van der Waals surface area contributed by atoms with E-state index in [1.807, 2.05) is 11.7 Å². The van der Waals surface area contributed by atoms with E-state index in [1.54, 1.807) is 6.20 Å². The van der Waals surface area contributed by atoms with Crippen LogP contribution < -0.4 is 5.32 Å². The van der Waals surface area contributed by atoms with Crippen LogP contribution in [-0.2, 0) is 7.05 Å². The number of hydrogen-bond acceptors (Lipinski definition) is 3. The Labute approximate surface area is 103 Å². The normalized spacial score (nSPS) is 13.4. The highest BCUT2D eigenvalue weighted by molar-refractivity contribution is 6.31. The third-order valence-electron chi connectivity index (χ3n) is 2.46. The van der Waals surface area contributed by atoms with Gasteiger partial charge in [0.05, 0.1) is 23.0 Å². The molecule has 0 aliphatic carbocycles. The van der Waals surface area contributed by atoms with E-state index in [1.165, 1.54) is 0 Å². The minimum absolute atomic E-state index is 0.231. The lowest BCUT2D eigenvalue weighted by molar-refractivity contribution is 0.332. The fraction of sp³-hybridized carbons (Fsp3) is 0.727. The molecular formula is C11H21ClN4. The second-order valence-electron chi connectivity index (χ2n) is 4.27. The van der Waals surface area contributed by atoms with Crippen LogP contribution in [0.15, 0.2) is 6.20 Å². The molecule has 0 radical (unpaired) electrons. The Morgan fingerprint density at radius 3 is 2.69 bits per heavy atom. The first-order chi connectivity index (χ1) is 7.56. The van der Waals surface area contributed by atoms with Crippen molar-refractivity contribution < 1.29 is 0 Å². The minimum Gasteiger partial charge on any atom is -0.308 e. The predicted octanol–water partition coefficient (Wildman–Crippen LogP) is 1.68. The highest BCUT2D eigenvalue weighted by Crippen LogP contribution is 2.22. The van der Waals surface area contributed by atoms with E-state index in [-0.39, 0.29) is 6.04 Å². The van der Waals surface area contributed by atoms with E-state index in [2.05, 4.69) is 36.3 Å². The van der Waals surface area contributed by atoms with Crippen LogP contribution in [0.4, 0.5) is 0 Å². The lowest BCUT2D eigenvalue weighted by Crippen LogP contribution is -2.33. The van der Waals surface area contributed by atoms with Crippen molar-refractivity contribution in [2.24, 2.45) is 7.05 Å². The summed E-state index contributed by atoms with van der Waals surface area (Å²) in [5.41, 5.74) is 1.06. The van der Waals surface area contributed by atoms with Gasteiger partial charge in [0.25, 0.3) is 0 Å². The number of rotatable bonds is 6. The second kappa shape index (κ2) is 6.23. The Balaban J connectivity index is 2.82. The summed E-state index contributed by atoms with van der Waals surface area (Å²) in [6.45, 7) is 4.06. The SMILES string of the molecule is CCCNC(CN(C)C)c1c(Cl)cnn1C. The van der Waals surface area contributed by atoms with Crippen LogP contribution in [0.2, 0.25) is 5.02 Å². The number of likely N-dealkylation sites (N-methyl/N-ethyl adjacent to an activating group) is 1. The van der Waals surface area contributed by atoms with E-state index < -0.39 is 0 Å². The van der Waals surface area contributed by atoms with E-state index in [0.29, 0.717) is 0 Å². The Morgan fingerprint density at radius 2 is 2.25 bits per heavy atom. The van der Waals surface area contributed by atoms with Gasteiger partial charge in [-0.15, -0.1) is 0 Å². The Kier molecular flexibility index (Phi) is 5.25. The number of aromatic nitrogens is 2. The summed E-state index contributed by atoms with van der Waals surface area (Å²) in [6.07, 6.45) is 2.81. The molecule has 1 unspecified atom stereocenters. The van der Waals surface area contributed by atoms with E-state index in [9.17, 15) is 0 Å². The van der Waals surface area contributed by atoms with Gasteiger partial charge in [0, 0.05) is 13.6 Å². The molecular weight excluding hydrogens is 224 g/mol. The molecule has 0 fully saturated rings. The highest BCUT2D eigenvalue weighted by atomic mass is 35.5. The maximum atomic E-state index is 6.16. The van der Waals surface area contributed by atoms with Crippen molar-refractivity contribution in [3.8, 4) is 0 Å². The van der Waals surface area contributed by atoms with Crippen molar-refractivity contribution in [2.45, 2.75) is 19.4 Å². The number of halogens is 1. The van der Waals surface area contributed by atoms with Crippen LogP contribution in [-0.4, -0.2) is 41.9 Å². The highest BCUT2D eigenvalue weighted by Gasteiger charge is 2.18. The monoisotopic (exact) mass is 244 g/mol. The summed E-state index contributed by atoms with van der Waals surface area (Å²) in [6, 6.07) is 0.231. The largest absolute Gasteiger partial charge is 0.308 e. The van der Waals surface area contributed by atoms with Crippen LogP contribution in [0.3, 0.4) is 0 Å². The molecule has 0 saturated heterocycles. The first-order valence-electron chi connectivity index (χ1n) is 5.61. The molecule has 16 heavy (non-hydrogen) atoms. The van der Waals surface area contributed by atoms with Crippen molar-refractivity contribution >= 4 is 11.6 Å². The zero-order chi connectivity index (χ0) is 12.1. The van der Waals surface area contributed by atoms with Crippen molar-refractivity contribution in [3.05, 3.63) is 16.9 Å². The Hall–Kier alpha value is -0.580. The zero-order valence-electron chi connectivity index (χ0n) is 10.5. The third-order valence-corrected chi connectivity index (χ3v) is 2.75. The lowest BCUT2D eigenvalue weighted by atomic mass is 10.2. The van der Waals surface area contributed by atoms with Gasteiger partial charge in [-0.3, -0.25) is 4.68 Å². The summed E-state index contributed by atoms with van der Waals surface area (Å²) in [7, 11) is 6.05. The predicted molar refractivity (Wildman–Crippen MR) is 67.8 cm³/mol. The molecule has 0 aromatic carbocycles. The van der Waals surface area contributed by atoms with Gasteiger partial charge in [-0.1, -0.05) is 18.5 Å². The molecule has 1 heterocycles. The van der Waals surface area contributed by atoms with Gasteiger partial charge in [0.2, 0.25) is 0 Å². The summed E-state index contributed by atoms with van der Waals surface area (Å²) >= 11 is 6.16. The van der Waals surface area contributed by atoms with Crippen molar-refractivity contribution in [3.63, 3.8) is 0 Å². The van der Waals surface area contributed by atoms with Crippen molar-refractivity contribution in [1.29, 1.82) is 0 Å². The molecule has 1 aromatic rings. The third kappa shape index (κ3) is 3.47. The van der Waals surface area contributed by atoms with Crippen molar-refractivity contribution in [2.75, 3.05) is 27.2 Å². The van der Waals surface area contributed by atoms with E-state index in [4.69, 9.17) is 11.6 Å². The molecule has 4 nitrogen and oxygen atoms in total. The van der Waals surface area contributed by atoms with Crippen LogP contribution in [0.1, 0.15) is 25.1 Å². The number of aryl methyl sites for hydroxylation is 1. The fourth-order valence-electron chi connectivity index (χ4n) is 1.74. The maximum Gasteiger partial charge on any atom is 0.0834 e. The summed E-state index contributed by atoms with van der Waals surface area (Å²) in [5, 5.41) is 8.41. The maximum absolute atomic E-state index is 6.16. The standard InChI is InChI=1S/C11H21ClN4/c1-5-6-13-10(8-15(2)3)11-9(12)7-14-16(11)4/h7,10,13H,5-6,8H2,1-4H3.